The van der Waals surface area contributed by atoms with Gasteiger partial charge in [0.05, 0.1) is 6.54 Å². The first-order valence-electron chi connectivity index (χ1n) is 6.74. The van der Waals surface area contributed by atoms with Crippen LogP contribution in [0.3, 0.4) is 0 Å². The van der Waals surface area contributed by atoms with E-state index in [1.807, 2.05) is 13.0 Å². The number of carbonyl (C=O) groups is 1. The lowest BCUT2D eigenvalue weighted by atomic mass is 10.2. The molecule has 4 nitrogen and oxygen atoms in total. The quantitative estimate of drug-likeness (QED) is 0.818. The van der Waals surface area contributed by atoms with Crippen molar-refractivity contribution < 1.29 is 13.9 Å². The minimum atomic E-state index is -0.429. The van der Waals surface area contributed by atoms with E-state index in [1.54, 1.807) is 24.3 Å². The molecule has 2 aromatic carbocycles. The Morgan fingerprint density at radius 1 is 1.27 bits per heavy atom. The summed E-state index contributed by atoms with van der Waals surface area (Å²) >= 11 is 5.98. The van der Waals surface area contributed by atoms with Crippen LogP contribution in [0.4, 0.5) is 14.9 Å². The maximum absolute atomic E-state index is 13.3. The van der Waals surface area contributed by atoms with Crippen LogP contribution < -0.4 is 15.4 Å². The van der Waals surface area contributed by atoms with Crippen molar-refractivity contribution in [3.63, 3.8) is 0 Å². The SMILES string of the molecule is Cc1ccc(NC(=O)NCCOc2ccccc2F)cc1Cl. The van der Waals surface area contributed by atoms with Crippen molar-refractivity contribution in [1.29, 1.82) is 0 Å². The van der Waals surface area contributed by atoms with Crippen LogP contribution in [0.2, 0.25) is 5.02 Å². The summed E-state index contributed by atoms with van der Waals surface area (Å²) in [4.78, 5) is 11.7. The van der Waals surface area contributed by atoms with Crippen molar-refractivity contribution in [2.24, 2.45) is 0 Å². The number of para-hydroxylation sites is 1. The molecule has 0 aliphatic carbocycles. The molecule has 2 aromatic rings. The molecule has 6 heteroatoms. The van der Waals surface area contributed by atoms with E-state index in [2.05, 4.69) is 10.6 Å². The van der Waals surface area contributed by atoms with Gasteiger partial charge in [0.2, 0.25) is 0 Å². The number of nitrogens with one attached hydrogen (secondary N) is 2. The maximum atomic E-state index is 13.3. The number of aryl methyl sites for hydroxylation is 1. The third kappa shape index (κ3) is 4.63. The highest BCUT2D eigenvalue weighted by Crippen LogP contribution is 2.19. The second-order valence-corrected chi connectivity index (χ2v) is 5.03. The third-order valence-electron chi connectivity index (χ3n) is 2.91. The molecule has 0 aliphatic heterocycles. The van der Waals surface area contributed by atoms with Gasteiger partial charge in [-0.05, 0) is 36.8 Å². The average Bonchev–Trinajstić information content (AvgIpc) is 2.49. The number of hydrogen-bond acceptors (Lipinski definition) is 2. The van der Waals surface area contributed by atoms with Crippen LogP contribution in [0.15, 0.2) is 42.5 Å². The van der Waals surface area contributed by atoms with E-state index in [-0.39, 0.29) is 24.9 Å². The van der Waals surface area contributed by atoms with Crippen LogP contribution in [0.5, 0.6) is 5.75 Å². The molecule has 2 amide bonds. The lowest BCUT2D eigenvalue weighted by molar-refractivity contribution is 0.246. The van der Waals surface area contributed by atoms with E-state index < -0.39 is 5.82 Å². The molecule has 2 N–H and O–H groups in total. The molecule has 0 bridgehead atoms. The molecule has 0 aliphatic rings. The predicted molar refractivity (Wildman–Crippen MR) is 85.1 cm³/mol. The van der Waals surface area contributed by atoms with Crippen LogP contribution in [0.25, 0.3) is 0 Å². The number of halogens is 2. The number of hydrogen-bond donors (Lipinski definition) is 2. The molecular weight excluding hydrogens is 307 g/mol. The van der Waals surface area contributed by atoms with Gasteiger partial charge in [0.15, 0.2) is 11.6 Å². The number of anilines is 1. The maximum Gasteiger partial charge on any atom is 0.319 e. The molecule has 116 valence electrons. The molecule has 0 saturated carbocycles. The topological polar surface area (TPSA) is 50.4 Å². The number of rotatable bonds is 5. The Morgan fingerprint density at radius 3 is 2.77 bits per heavy atom. The van der Waals surface area contributed by atoms with Gasteiger partial charge in [-0.3, -0.25) is 0 Å². The zero-order valence-electron chi connectivity index (χ0n) is 12.0. The predicted octanol–water partition coefficient (Wildman–Crippen LogP) is 3.99. The lowest BCUT2D eigenvalue weighted by Crippen LogP contribution is -2.32. The molecule has 0 heterocycles. The fourth-order valence-electron chi connectivity index (χ4n) is 1.73. The zero-order valence-corrected chi connectivity index (χ0v) is 12.8. The largest absolute Gasteiger partial charge is 0.489 e. The Morgan fingerprint density at radius 2 is 2.05 bits per heavy atom. The van der Waals surface area contributed by atoms with E-state index in [9.17, 15) is 9.18 Å². The zero-order chi connectivity index (χ0) is 15.9. The third-order valence-corrected chi connectivity index (χ3v) is 3.32. The second kappa shape index (κ2) is 7.66. The molecule has 0 saturated heterocycles. The molecule has 2 rings (SSSR count). The van der Waals surface area contributed by atoms with Crippen molar-refractivity contribution in [2.45, 2.75) is 6.92 Å². The molecule has 0 fully saturated rings. The van der Waals surface area contributed by atoms with Gasteiger partial charge in [0.25, 0.3) is 0 Å². The lowest BCUT2D eigenvalue weighted by Gasteiger charge is -2.10. The van der Waals surface area contributed by atoms with Gasteiger partial charge >= 0.3 is 6.03 Å². The number of ether oxygens (including phenoxy) is 1. The van der Waals surface area contributed by atoms with Gasteiger partial charge in [-0.1, -0.05) is 29.8 Å². The summed E-state index contributed by atoms with van der Waals surface area (Å²) < 4.78 is 18.5. The summed E-state index contributed by atoms with van der Waals surface area (Å²) in [5, 5.41) is 5.85. The van der Waals surface area contributed by atoms with Gasteiger partial charge in [0, 0.05) is 10.7 Å². The molecule has 0 unspecified atom stereocenters. The standard InChI is InChI=1S/C16H16ClFN2O2/c1-11-6-7-12(10-13(11)17)20-16(21)19-8-9-22-15-5-3-2-4-14(15)18/h2-7,10H,8-9H2,1H3,(H2,19,20,21). The second-order valence-electron chi connectivity index (χ2n) is 4.62. The van der Waals surface area contributed by atoms with Crippen molar-refractivity contribution in [1.82, 2.24) is 5.32 Å². The smallest absolute Gasteiger partial charge is 0.319 e. The van der Waals surface area contributed by atoms with Crippen LogP contribution in [0, 0.1) is 12.7 Å². The van der Waals surface area contributed by atoms with Gasteiger partial charge in [-0.2, -0.15) is 0 Å². The average molecular weight is 323 g/mol. The Labute approximate surface area is 133 Å². The first-order chi connectivity index (χ1) is 10.6. The first-order valence-corrected chi connectivity index (χ1v) is 7.12. The molecule has 0 aromatic heterocycles. The fraction of sp³-hybridized carbons (Fsp3) is 0.188. The van der Waals surface area contributed by atoms with Gasteiger partial charge in [-0.25, -0.2) is 9.18 Å². The Hall–Kier alpha value is -2.27. The highest BCUT2D eigenvalue weighted by molar-refractivity contribution is 6.31. The molecule has 0 radical (unpaired) electrons. The number of amides is 2. The highest BCUT2D eigenvalue weighted by atomic mass is 35.5. The Kier molecular flexibility index (Phi) is 5.61. The van der Waals surface area contributed by atoms with E-state index in [1.165, 1.54) is 12.1 Å². The van der Waals surface area contributed by atoms with Crippen molar-refractivity contribution >= 4 is 23.3 Å². The Balaban J connectivity index is 1.74. The normalized spacial score (nSPS) is 10.1. The fourth-order valence-corrected chi connectivity index (χ4v) is 1.91. The minimum Gasteiger partial charge on any atom is -0.489 e. The van der Waals surface area contributed by atoms with E-state index in [4.69, 9.17) is 16.3 Å². The summed E-state index contributed by atoms with van der Waals surface area (Å²) in [6.07, 6.45) is 0. The van der Waals surface area contributed by atoms with Gasteiger partial charge in [0.1, 0.15) is 6.61 Å². The van der Waals surface area contributed by atoms with Crippen LogP contribution in [-0.2, 0) is 0 Å². The molecule has 0 spiro atoms. The van der Waals surface area contributed by atoms with E-state index in [0.29, 0.717) is 10.7 Å². The van der Waals surface area contributed by atoms with Gasteiger partial charge < -0.3 is 15.4 Å². The summed E-state index contributed by atoms with van der Waals surface area (Å²) in [6.45, 7) is 2.30. The van der Waals surface area contributed by atoms with Crippen molar-refractivity contribution in [2.75, 3.05) is 18.5 Å². The van der Waals surface area contributed by atoms with E-state index in [0.717, 1.165) is 5.56 Å². The molecule has 22 heavy (non-hydrogen) atoms. The van der Waals surface area contributed by atoms with Crippen LogP contribution in [0.1, 0.15) is 5.56 Å². The van der Waals surface area contributed by atoms with Crippen molar-refractivity contribution in [3.05, 3.63) is 58.9 Å². The van der Waals surface area contributed by atoms with Crippen molar-refractivity contribution in [3.8, 4) is 5.75 Å². The summed E-state index contributed by atoms with van der Waals surface area (Å²) in [5.41, 5.74) is 1.54. The summed E-state index contributed by atoms with van der Waals surface area (Å²) in [7, 11) is 0. The number of urea groups is 1. The molecular formula is C16H16ClFN2O2. The van der Waals surface area contributed by atoms with E-state index >= 15 is 0 Å². The first kappa shape index (κ1) is 16.1. The summed E-state index contributed by atoms with van der Waals surface area (Å²) in [5.74, 6) is -0.267. The monoisotopic (exact) mass is 322 g/mol. The van der Waals surface area contributed by atoms with Crippen LogP contribution in [-0.4, -0.2) is 19.2 Å². The Bertz CT molecular complexity index is 664. The number of benzene rings is 2. The highest BCUT2D eigenvalue weighted by Gasteiger charge is 2.04. The number of carbonyl (C=O) groups excluding carboxylic acids is 1. The van der Waals surface area contributed by atoms with Crippen LogP contribution >= 0.6 is 11.6 Å². The minimum absolute atomic E-state index is 0.162. The van der Waals surface area contributed by atoms with Gasteiger partial charge in [-0.15, -0.1) is 0 Å². The summed E-state index contributed by atoms with van der Waals surface area (Å²) in [6, 6.07) is 11.0. The molecule has 0 atom stereocenters.